The molecule has 1 aromatic heterocycles. The highest BCUT2D eigenvalue weighted by atomic mass is 35.5. The Bertz CT molecular complexity index is 682. The fraction of sp³-hybridized carbons (Fsp3) is 0.438. The van der Waals surface area contributed by atoms with Crippen molar-refractivity contribution in [3.8, 4) is 11.5 Å². The first-order valence-corrected chi connectivity index (χ1v) is 8.47. The molecule has 1 aliphatic rings. The van der Waals surface area contributed by atoms with Crippen LogP contribution >= 0.6 is 23.8 Å². The second-order valence-electron chi connectivity index (χ2n) is 5.97. The highest BCUT2D eigenvalue weighted by molar-refractivity contribution is 7.80. The van der Waals surface area contributed by atoms with Crippen LogP contribution < -0.4 is 5.32 Å². The number of halogens is 1. The normalized spacial score (nSPS) is 14.1. The summed E-state index contributed by atoms with van der Waals surface area (Å²) >= 11 is 11.4. The Morgan fingerprint density at radius 3 is 2.65 bits per heavy atom. The fourth-order valence-corrected chi connectivity index (χ4v) is 2.83. The van der Waals surface area contributed by atoms with Crippen LogP contribution in [0.4, 0.5) is 0 Å². The number of aromatic nitrogens is 2. The van der Waals surface area contributed by atoms with Crippen molar-refractivity contribution in [1.82, 2.24) is 20.4 Å². The molecule has 122 valence electrons. The lowest BCUT2D eigenvalue weighted by molar-refractivity contribution is 0.341. The number of rotatable bonds is 5. The van der Waals surface area contributed by atoms with E-state index in [1.54, 1.807) is 12.1 Å². The van der Waals surface area contributed by atoms with Crippen LogP contribution in [0.2, 0.25) is 5.02 Å². The fourth-order valence-electron chi connectivity index (χ4n) is 2.26. The van der Waals surface area contributed by atoms with Crippen molar-refractivity contribution in [2.24, 2.45) is 0 Å². The van der Waals surface area contributed by atoms with Crippen LogP contribution in [0.25, 0.3) is 11.5 Å². The number of hydrogen-bond acceptors (Lipinski definition) is 4. The summed E-state index contributed by atoms with van der Waals surface area (Å²) in [5.74, 6) is 1.06. The number of thiocarbonyl (C=S) groups is 1. The number of nitrogens with one attached hydrogen (secondary N) is 1. The maximum absolute atomic E-state index is 5.90. The van der Waals surface area contributed by atoms with Gasteiger partial charge in [-0.05, 0) is 63.2 Å². The SMILES string of the molecule is CC(C)NC(=S)N(Cc1nnc(-c2ccc(Cl)cc2)o1)C1CC1. The van der Waals surface area contributed by atoms with Crippen LogP contribution in [-0.2, 0) is 6.54 Å². The van der Waals surface area contributed by atoms with E-state index in [1.165, 1.54) is 0 Å². The van der Waals surface area contributed by atoms with E-state index < -0.39 is 0 Å². The van der Waals surface area contributed by atoms with Gasteiger partial charge in [0.2, 0.25) is 11.8 Å². The van der Waals surface area contributed by atoms with Crippen molar-refractivity contribution in [2.45, 2.75) is 45.3 Å². The summed E-state index contributed by atoms with van der Waals surface area (Å²) in [7, 11) is 0. The molecule has 1 heterocycles. The van der Waals surface area contributed by atoms with E-state index >= 15 is 0 Å². The minimum absolute atomic E-state index is 0.302. The summed E-state index contributed by atoms with van der Waals surface area (Å²) in [6.07, 6.45) is 2.30. The van der Waals surface area contributed by atoms with Gasteiger partial charge < -0.3 is 14.6 Å². The minimum atomic E-state index is 0.302. The Morgan fingerprint density at radius 2 is 2.04 bits per heavy atom. The third-order valence-electron chi connectivity index (χ3n) is 3.52. The Kier molecular flexibility index (Phi) is 4.82. The van der Waals surface area contributed by atoms with Crippen LogP contribution in [0, 0.1) is 0 Å². The molecule has 1 saturated carbocycles. The lowest BCUT2D eigenvalue weighted by Crippen LogP contribution is -2.43. The first kappa shape index (κ1) is 16.2. The second kappa shape index (κ2) is 6.84. The first-order chi connectivity index (χ1) is 11.0. The van der Waals surface area contributed by atoms with Crippen LogP contribution in [-0.4, -0.2) is 32.3 Å². The Morgan fingerprint density at radius 1 is 1.35 bits per heavy atom. The van der Waals surface area contributed by atoms with Gasteiger partial charge in [0.05, 0.1) is 6.54 Å². The highest BCUT2D eigenvalue weighted by Crippen LogP contribution is 2.29. The number of nitrogens with zero attached hydrogens (tertiary/aromatic N) is 3. The number of hydrogen-bond donors (Lipinski definition) is 1. The lowest BCUT2D eigenvalue weighted by atomic mass is 10.2. The number of benzene rings is 1. The molecule has 1 aromatic carbocycles. The van der Waals surface area contributed by atoms with Crippen molar-refractivity contribution in [2.75, 3.05) is 0 Å². The molecule has 0 atom stereocenters. The molecule has 23 heavy (non-hydrogen) atoms. The summed E-state index contributed by atoms with van der Waals surface area (Å²) in [4.78, 5) is 2.13. The smallest absolute Gasteiger partial charge is 0.247 e. The summed E-state index contributed by atoms with van der Waals surface area (Å²) in [5, 5.41) is 13.0. The Hall–Kier alpha value is -1.66. The molecular weight excluding hydrogens is 332 g/mol. The van der Waals surface area contributed by atoms with Crippen molar-refractivity contribution in [3.05, 3.63) is 35.2 Å². The predicted octanol–water partition coefficient (Wildman–Crippen LogP) is 3.64. The highest BCUT2D eigenvalue weighted by Gasteiger charge is 2.32. The van der Waals surface area contributed by atoms with Crippen molar-refractivity contribution in [3.63, 3.8) is 0 Å². The zero-order chi connectivity index (χ0) is 16.4. The Labute approximate surface area is 146 Å². The molecule has 0 aliphatic heterocycles. The first-order valence-electron chi connectivity index (χ1n) is 7.68. The summed E-state index contributed by atoms with van der Waals surface area (Å²) in [6.45, 7) is 4.68. The second-order valence-corrected chi connectivity index (χ2v) is 6.79. The quantitative estimate of drug-likeness (QED) is 0.831. The molecule has 5 nitrogen and oxygen atoms in total. The van der Waals surface area contributed by atoms with Gasteiger partial charge in [0.1, 0.15) is 0 Å². The molecule has 0 amide bonds. The van der Waals surface area contributed by atoms with Crippen molar-refractivity contribution < 1.29 is 4.42 Å². The van der Waals surface area contributed by atoms with Gasteiger partial charge in [-0.3, -0.25) is 0 Å². The zero-order valence-corrected chi connectivity index (χ0v) is 14.7. The van der Waals surface area contributed by atoms with Gasteiger partial charge >= 0.3 is 0 Å². The lowest BCUT2D eigenvalue weighted by Gasteiger charge is -2.25. The molecule has 0 bridgehead atoms. The third-order valence-corrected chi connectivity index (χ3v) is 4.13. The topological polar surface area (TPSA) is 54.2 Å². The largest absolute Gasteiger partial charge is 0.419 e. The molecule has 0 radical (unpaired) electrons. The van der Waals surface area contributed by atoms with Gasteiger partial charge in [-0.25, -0.2) is 0 Å². The average Bonchev–Trinajstić information content (AvgIpc) is 3.23. The Balaban J connectivity index is 1.71. The van der Waals surface area contributed by atoms with E-state index in [2.05, 4.69) is 34.3 Å². The van der Waals surface area contributed by atoms with E-state index in [9.17, 15) is 0 Å². The molecular formula is C16H19ClN4OS. The predicted molar refractivity (Wildman–Crippen MR) is 94.2 cm³/mol. The standard InChI is InChI=1S/C16H19ClN4OS/c1-10(2)18-16(23)21(13-7-8-13)9-14-19-20-15(22-14)11-3-5-12(17)6-4-11/h3-6,10,13H,7-9H2,1-2H3,(H,18,23). The van der Waals surface area contributed by atoms with E-state index in [4.69, 9.17) is 28.2 Å². The van der Waals surface area contributed by atoms with Gasteiger partial charge in [-0.1, -0.05) is 11.6 Å². The average molecular weight is 351 g/mol. The monoisotopic (exact) mass is 350 g/mol. The molecule has 0 saturated heterocycles. The van der Waals surface area contributed by atoms with Gasteiger partial charge in [0.25, 0.3) is 0 Å². The maximum Gasteiger partial charge on any atom is 0.247 e. The molecule has 3 rings (SSSR count). The molecule has 0 unspecified atom stereocenters. The maximum atomic E-state index is 5.90. The molecule has 0 spiro atoms. The van der Waals surface area contributed by atoms with Crippen LogP contribution in [0.15, 0.2) is 28.7 Å². The zero-order valence-electron chi connectivity index (χ0n) is 13.1. The van der Waals surface area contributed by atoms with E-state index in [1.807, 2.05) is 12.1 Å². The third kappa shape index (κ3) is 4.20. The van der Waals surface area contributed by atoms with E-state index in [-0.39, 0.29) is 0 Å². The molecule has 1 aliphatic carbocycles. The van der Waals surface area contributed by atoms with Gasteiger partial charge in [-0.2, -0.15) is 0 Å². The molecule has 1 fully saturated rings. The summed E-state index contributed by atoms with van der Waals surface area (Å²) in [5.41, 5.74) is 0.856. The van der Waals surface area contributed by atoms with E-state index in [0.29, 0.717) is 35.4 Å². The van der Waals surface area contributed by atoms with Crippen LogP contribution in [0.5, 0.6) is 0 Å². The van der Waals surface area contributed by atoms with Gasteiger partial charge in [0, 0.05) is 22.7 Å². The minimum Gasteiger partial charge on any atom is -0.419 e. The van der Waals surface area contributed by atoms with Gasteiger partial charge in [0.15, 0.2) is 5.11 Å². The molecule has 2 aromatic rings. The van der Waals surface area contributed by atoms with Crippen molar-refractivity contribution >= 4 is 28.9 Å². The van der Waals surface area contributed by atoms with Crippen molar-refractivity contribution in [1.29, 1.82) is 0 Å². The van der Waals surface area contributed by atoms with Gasteiger partial charge in [-0.15, -0.1) is 10.2 Å². The summed E-state index contributed by atoms with van der Waals surface area (Å²) in [6, 6.07) is 8.11. The van der Waals surface area contributed by atoms with E-state index in [0.717, 1.165) is 23.5 Å². The van der Waals surface area contributed by atoms with Crippen LogP contribution in [0.1, 0.15) is 32.6 Å². The summed E-state index contributed by atoms with van der Waals surface area (Å²) < 4.78 is 5.78. The molecule has 7 heteroatoms. The van der Waals surface area contributed by atoms with Crippen LogP contribution in [0.3, 0.4) is 0 Å². The molecule has 1 N–H and O–H groups in total.